The minimum absolute atomic E-state index is 0.848. The molecular formula is C8H8N2O. The van der Waals surface area contributed by atoms with Crippen molar-refractivity contribution in [3.05, 3.63) is 30.5 Å². The Hall–Kier alpha value is -1.48. The van der Waals surface area contributed by atoms with Crippen LogP contribution in [0.5, 0.6) is 0 Å². The number of hydrazine groups is 1. The average molecular weight is 148 g/mol. The van der Waals surface area contributed by atoms with Crippen molar-refractivity contribution in [2.75, 3.05) is 5.43 Å². The molecule has 2 rings (SSSR count). The molecular weight excluding hydrogens is 140 g/mol. The Kier molecular flexibility index (Phi) is 1.30. The lowest BCUT2D eigenvalue weighted by molar-refractivity contribution is 0.616. The van der Waals surface area contributed by atoms with Crippen LogP contribution in [0.15, 0.2) is 34.9 Å². The van der Waals surface area contributed by atoms with Gasteiger partial charge >= 0.3 is 0 Å². The molecule has 1 heterocycles. The molecule has 0 aliphatic rings. The number of benzene rings is 1. The zero-order chi connectivity index (χ0) is 7.68. The molecule has 0 fully saturated rings. The van der Waals surface area contributed by atoms with Gasteiger partial charge in [0, 0.05) is 5.39 Å². The SMILES string of the molecule is NNc1cccc2occc12. The number of nitrogens with one attached hydrogen (secondary N) is 1. The van der Waals surface area contributed by atoms with Crippen LogP contribution in [-0.2, 0) is 0 Å². The van der Waals surface area contributed by atoms with Crippen molar-refractivity contribution < 1.29 is 4.42 Å². The summed E-state index contributed by atoms with van der Waals surface area (Å²) in [5.74, 6) is 5.28. The second kappa shape index (κ2) is 2.29. The third kappa shape index (κ3) is 0.860. The minimum atomic E-state index is 0.848. The van der Waals surface area contributed by atoms with E-state index in [9.17, 15) is 0 Å². The molecule has 0 unspecified atom stereocenters. The standard InChI is InChI=1S/C8H8N2O/c9-10-7-2-1-3-8-6(7)4-5-11-8/h1-5,10H,9H2. The van der Waals surface area contributed by atoms with Gasteiger partial charge in [-0.1, -0.05) is 6.07 Å². The van der Waals surface area contributed by atoms with Crippen molar-refractivity contribution in [3.63, 3.8) is 0 Å². The van der Waals surface area contributed by atoms with Crippen molar-refractivity contribution in [3.8, 4) is 0 Å². The van der Waals surface area contributed by atoms with Gasteiger partial charge in [0.05, 0.1) is 12.0 Å². The molecule has 1 aromatic carbocycles. The van der Waals surface area contributed by atoms with E-state index in [0.29, 0.717) is 0 Å². The van der Waals surface area contributed by atoms with Gasteiger partial charge in [0.1, 0.15) is 5.58 Å². The summed E-state index contributed by atoms with van der Waals surface area (Å²) in [6.45, 7) is 0. The molecule has 0 aliphatic carbocycles. The van der Waals surface area contributed by atoms with Crippen LogP contribution in [0.2, 0.25) is 0 Å². The van der Waals surface area contributed by atoms with E-state index in [1.165, 1.54) is 0 Å². The maximum Gasteiger partial charge on any atom is 0.135 e. The Balaban J connectivity index is 2.79. The number of fused-ring (bicyclic) bond motifs is 1. The monoisotopic (exact) mass is 148 g/mol. The fraction of sp³-hybridized carbons (Fsp3) is 0. The summed E-state index contributed by atoms with van der Waals surface area (Å²) < 4.78 is 5.16. The van der Waals surface area contributed by atoms with Gasteiger partial charge in [0.2, 0.25) is 0 Å². The molecule has 56 valence electrons. The highest BCUT2D eigenvalue weighted by Gasteiger charge is 1.99. The number of nitrogens with two attached hydrogens (primary N) is 1. The van der Waals surface area contributed by atoms with Gasteiger partial charge in [0.25, 0.3) is 0 Å². The molecule has 0 radical (unpaired) electrons. The quantitative estimate of drug-likeness (QED) is 0.478. The molecule has 2 aromatic rings. The molecule has 1 aromatic heterocycles. The predicted octanol–water partition coefficient (Wildman–Crippen LogP) is 1.72. The third-order valence-electron chi connectivity index (χ3n) is 1.65. The Labute approximate surface area is 63.8 Å². The molecule has 3 N–H and O–H groups in total. The van der Waals surface area contributed by atoms with Crippen molar-refractivity contribution in [2.24, 2.45) is 5.84 Å². The van der Waals surface area contributed by atoms with Crippen molar-refractivity contribution in [2.45, 2.75) is 0 Å². The molecule has 0 bridgehead atoms. The molecule has 0 spiro atoms. The van der Waals surface area contributed by atoms with E-state index in [1.807, 2.05) is 24.3 Å². The first-order valence-corrected chi connectivity index (χ1v) is 3.34. The molecule has 3 heteroatoms. The number of hydrogen-bond acceptors (Lipinski definition) is 3. The lowest BCUT2D eigenvalue weighted by atomic mass is 10.2. The van der Waals surface area contributed by atoms with Gasteiger partial charge in [-0.05, 0) is 18.2 Å². The number of nitrogen functional groups attached to an aromatic ring is 1. The molecule has 11 heavy (non-hydrogen) atoms. The lowest BCUT2D eigenvalue weighted by Crippen LogP contribution is -2.06. The Morgan fingerprint density at radius 3 is 3.00 bits per heavy atom. The highest BCUT2D eigenvalue weighted by molar-refractivity contribution is 5.90. The first-order chi connectivity index (χ1) is 5.42. The van der Waals surface area contributed by atoms with Crippen LogP contribution >= 0.6 is 0 Å². The fourth-order valence-electron chi connectivity index (χ4n) is 1.12. The summed E-state index contributed by atoms with van der Waals surface area (Å²) in [4.78, 5) is 0. The highest BCUT2D eigenvalue weighted by Crippen LogP contribution is 2.22. The number of furan rings is 1. The molecule has 0 saturated carbocycles. The van der Waals surface area contributed by atoms with Crippen LogP contribution in [0.3, 0.4) is 0 Å². The van der Waals surface area contributed by atoms with Crippen LogP contribution < -0.4 is 11.3 Å². The summed E-state index contributed by atoms with van der Waals surface area (Å²) in [7, 11) is 0. The summed E-state index contributed by atoms with van der Waals surface area (Å²) >= 11 is 0. The zero-order valence-electron chi connectivity index (χ0n) is 5.87. The van der Waals surface area contributed by atoms with Crippen LogP contribution in [-0.4, -0.2) is 0 Å². The van der Waals surface area contributed by atoms with Gasteiger partial charge in [-0.15, -0.1) is 0 Å². The first kappa shape index (κ1) is 6.24. The molecule has 0 saturated heterocycles. The van der Waals surface area contributed by atoms with Crippen LogP contribution in [0.1, 0.15) is 0 Å². The van der Waals surface area contributed by atoms with Gasteiger partial charge in [-0.2, -0.15) is 0 Å². The summed E-state index contributed by atoms with van der Waals surface area (Å²) in [5.41, 5.74) is 4.33. The average Bonchev–Trinajstić information content (AvgIpc) is 2.50. The highest BCUT2D eigenvalue weighted by atomic mass is 16.3. The van der Waals surface area contributed by atoms with Gasteiger partial charge in [-0.25, -0.2) is 0 Å². The Morgan fingerprint density at radius 1 is 1.27 bits per heavy atom. The topological polar surface area (TPSA) is 51.2 Å². The molecule has 0 aliphatic heterocycles. The van der Waals surface area contributed by atoms with E-state index in [2.05, 4.69) is 5.43 Å². The van der Waals surface area contributed by atoms with Crippen LogP contribution in [0.25, 0.3) is 11.0 Å². The first-order valence-electron chi connectivity index (χ1n) is 3.34. The second-order valence-electron chi connectivity index (χ2n) is 2.28. The van der Waals surface area contributed by atoms with Gasteiger partial charge < -0.3 is 9.84 Å². The predicted molar refractivity (Wildman–Crippen MR) is 44.0 cm³/mol. The summed E-state index contributed by atoms with van der Waals surface area (Å²) in [5, 5.41) is 1.01. The zero-order valence-corrected chi connectivity index (χ0v) is 5.87. The van der Waals surface area contributed by atoms with Gasteiger partial charge in [-0.3, -0.25) is 5.84 Å². The van der Waals surface area contributed by atoms with E-state index < -0.39 is 0 Å². The van der Waals surface area contributed by atoms with Gasteiger partial charge in [0.15, 0.2) is 0 Å². The smallest absolute Gasteiger partial charge is 0.135 e. The van der Waals surface area contributed by atoms with E-state index in [4.69, 9.17) is 10.3 Å². The third-order valence-corrected chi connectivity index (χ3v) is 1.65. The lowest BCUT2D eigenvalue weighted by Gasteiger charge is -1.98. The van der Waals surface area contributed by atoms with Crippen molar-refractivity contribution in [1.29, 1.82) is 0 Å². The molecule has 0 amide bonds. The summed E-state index contributed by atoms with van der Waals surface area (Å²) in [6.07, 6.45) is 1.64. The number of anilines is 1. The number of hydrogen-bond donors (Lipinski definition) is 2. The van der Waals surface area contributed by atoms with E-state index in [0.717, 1.165) is 16.7 Å². The maximum absolute atomic E-state index is 5.28. The van der Waals surface area contributed by atoms with Crippen molar-refractivity contribution in [1.82, 2.24) is 0 Å². The van der Waals surface area contributed by atoms with E-state index >= 15 is 0 Å². The molecule has 3 nitrogen and oxygen atoms in total. The Bertz CT molecular complexity index is 367. The van der Waals surface area contributed by atoms with Crippen LogP contribution in [0, 0.1) is 0 Å². The fourth-order valence-corrected chi connectivity index (χ4v) is 1.12. The maximum atomic E-state index is 5.28. The largest absolute Gasteiger partial charge is 0.464 e. The summed E-state index contributed by atoms with van der Waals surface area (Å²) in [6, 6.07) is 7.57. The second-order valence-corrected chi connectivity index (χ2v) is 2.28. The van der Waals surface area contributed by atoms with E-state index in [1.54, 1.807) is 6.26 Å². The van der Waals surface area contributed by atoms with Crippen LogP contribution in [0.4, 0.5) is 5.69 Å². The van der Waals surface area contributed by atoms with Crippen molar-refractivity contribution >= 4 is 16.7 Å². The molecule has 0 atom stereocenters. The number of rotatable bonds is 1. The normalized spacial score (nSPS) is 10.3. The van der Waals surface area contributed by atoms with E-state index in [-0.39, 0.29) is 0 Å². The minimum Gasteiger partial charge on any atom is -0.464 e. The Morgan fingerprint density at radius 2 is 2.18 bits per heavy atom.